The normalized spacial score (nSPS) is 29.7. The summed E-state index contributed by atoms with van der Waals surface area (Å²) in [6, 6.07) is 1.28. The zero-order valence-electron chi connectivity index (χ0n) is 10.5. The molecule has 1 aromatic rings. The van der Waals surface area contributed by atoms with E-state index in [1.807, 2.05) is 0 Å². The summed E-state index contributed by atoms with van der Waals surface area (Å²) < 4.78 is 21.4. The Bertz CT molecular complexity index is 615. The van der Waals surface area contributed by atoms with Crippen molar-refractivity contribution in [1.29, 1.82) is 0 Å². The third-order valence-electron chi connectivity index (χ3n) is 2.87. The van der Waals surface area contributed by atoms with E-state index in [0.717, 1.165) is 4.57 Å². The van der Waals surface area contributed by atoms with E-state index in [1.54, 1.807) is 0 Å². The fourth-order valence-corrected chi connectivity index (χ4v) is 2.58. The first-order valence-electron chi connectivity index (χ1n) is 5.76. The lowest BCUT2D eigenvalue weighted by Crippen LogP contribution is -2.37. The average Bonchev–Trinajstić information content (AvgIpc) is 2.65. The average molecular weight is 323 g/mol. The van der Waals surface area contributed by atoms with Gasteiger partial charge in [0.1, 0.15) is 24.1 Å². The Hall–Kier alpha value is -1.33. The Labute approximate surface area is 117 Å². The topological polar surface area (TPSA) is 177 Å². The van der Waals surface area contributed by atoms with Gasteiger partial charge in [-0.3, -0.25) is 9.09 Å². The summed E-state index contributed by atoms with van der Waals surface area (Å²) in [6.45, 7) is -0.671. The molecule has 0 aliphatic carbocycles. The van der Waals surface area contributed by atoms with Crippen molar-refractivity contribution in [2.45, 2.75) is 24.5 Å². The third kappa shape index (κ3) is 3.47. The van der Waals surface area contributed by atoms with Crippen LogP contribution >= 0.6 is 7.82 Å². The summed E-state index contributed by atoms with van der Waals surface area (Å²) in [6.07, 6.45) is -4.45. The first-order valence-corrected chi connectivity index (χ1v) is 7.29. The van der Waals surface area contributed by atoms with Crippen molar-refractivity contribution in [3.8, 4) is 0 Å². The Balaban J connectivity index is 2.31. The fourth-order valence-electron chi connectivity index (χ4n) is 2.00. The number of nitrogens with two attached hydrogens (primary N) is 1. The van der Waals surface area contributed by atoms with Crippen LogP contribution in [-0.4, -0.2) is 54.5 Å². The number of aliphatic hydroxyl groups is 2. The summed E-state index contributed by atoms with van der Waals surface area (Å²) >= 11 is 0. The highest BCUT2D eigenvalue weighted by molar-refractivity contribution is 7.46. The van der Waals surface area contributed by atoms with Crippen molar-refractivity contribution >= 4 is 13.6 Å². The predicted molar refractivity (Wildman–Crippen MR) is 66.8 cm³/mol. The van der Waals surface area contributed by atoms with Gasteiger partial charge in [0.05, 0.1) is 6.61 Å². The van der Waals surface area contributed by atoms with E-state index < -0.39 is 44.7 Å². The summed E-state index contributed by atoms with van der Waals surface area (Å²) in [5.74, 6) is -0.0366. The van der Waals surface area contributed by atoms with Crippen LogP contribution < -0.4 is 11.4 Å². The highest BCUT2D eigenvalue weighted by Crippen LogP contribution is 2.43. The van der Waals surface area contributed by atoms with Crippen molar-refractivity contribution in [2.24, 2.45) is 0 Å². The van der Waals surface area contributed by atoms with Crippen LogP contribution in [0.25, 0.3) is 0 Å². The van der Waals surface area contributed by atoms with Crippen molar-refractivity contribution in [1.82, 2.24) is 9.55 Å². The molecular formula is C9H14N3O8P. The number of ether oxygens (including phenoxy) is 1. The maximum atomic E-state index is 11.7. The van der Waals surface area contributed by atoms with Crippen LogP contribution in [0, 0.1) is 0 Å². The van der Waals surface area contributed by atoms with Crippen LogP contribution in [0.4, 0.5) is 5.82 Å². The molecular weight excluding hydrogens is 309 g/mol. The number of nitrogen functional groups attached to an aromatic ring is 1. The SMILES string of the molecule is Nc1ccn([C@@H]2O[C@H](CO)[C@H](OP(=O)(O)O)[C@@H]2O)c(=O)n1. The number of rotatable bonds is 4. The summed E-state index contributed by atoms with van der Waals surface area (Å²) in [7, 11) is -4.91. The van der Waals surface area contributed by atoms with Gasteiger partial charge < -0.3 is 30.5 Å². The smallest absolute Gasteiger partial charge is 0.394 e. The quantitative estimate of drug-likeness (QED) is 0.374. The second-order valence-corrected chi connectivity index (χ2v) is 5.53. The van der Waals surface area contributed by atoms with Crippen LogP contribution in [0.15, 0.2) is 17.1 Å². The maximum Gasteiger partial charge on any atom is 0.470 e. The number of aromatic nitrogens is 2. The van der Waals surface area contributed by atoms with Gasteiger partial charge in [0.2, 0.25) is 0 Å². The molecule has 0 unspecified atom stereocenters. The minimum atomic E-state index is -4.91. The van der Waals surface area contributed by atoms with Gasteiger partial charge >= 0.3 is 13.5 Å². The Morgan fingerprint density at radius 2 is 2.19 bits per heavy atom. The van der Waals surface area contributed by atoms with Gasteiger partial charge in [0.15, 0.2) is 6.23 Å². The number of anilines is 1. The van der Waals surface area contributed by atoms with E-state index in [1.165, 1.54) is 12.3 Å². The highest BCUT2D eigenvalue weighted by Gasteiger charge is 2.48. The molecule has 2 rings (SSSR count). The minimum Gasteiger partial charge on any atom is -0.394 e. The number of aliphatic hydroxyl groups excluding tert-OH is 2. The molecule has 0 radical (unpaired) electrons. The van der Waals surface area contributed by atoms with Crippen LogP contribution in [0.2, 0.25) is 0 Å². The zero-order chi connectivity index (χ0) is 15.8. The Kier molecular flexibility index (Phi) is 4.44. The van der Waals surface area contributed by atoms with Crippen LogP contribution in [0.5, 0.6) is 0 Å². The lowest BCUT2D eigenvalue weighted by Gasteiger charge is -2.20. The number of phosphoric acid groups is 1. The first-order chi connectivity index (χ1) is 9.73. The zero-order valence-corrected chi connectivity index (χ0v) is 11.4. The second kappa shape index (κ2) is 5.81. The lowest BCUT2D eigenvalue weighted by atomic mass is 10.1. The lowest BCUT2D eigenvalue weighted by molar-refractivity contribution is -0.0548. The van der Waals surface area contributed by atoms with Gasteiger partial charge in [-0.2, -0.15) is 4.98 Å². The molecule has 0 aromatic carbocycles. The monoisotopic (exact) mass is 323 g/mol. The van der Waals surface area contributed by atoms with Gasteiger partial charge in [0.25, 0.3) is 0 Å². The summed E-state index contributed by atoms with van der Waals surface area (Å²) in [5.41, 5.74) is 4.50. The minimum absolute atomic E-state index is 0.0366. The molecule has 11 nitrogen and oxygen atoms in total. The molecule has 21 heavy (non-hydrogen) atoms. The van der Waals surface area contributed by atoms with Gasteiger partial charge in [-0.25, -0.2) is 9.36 Å². The maximum absolute atomic E-state index is 11.7. The van der Waals surface area contributed by atoms with Crippen LogP contribution in [0.1, 0.15) is 6.23 Å². The standard InChI is InChI=1S/C9H14N3O8P/c10-5-1-2-12(9(15)11-5)8-6(14)7(4(3-13)19-8)20-21(16,17)18/h1-2,4,6-8,13-14H,3H2,(H2,10,11,15)(H2,16,17,18)/t4-,6+,7+,8-/m1/s1. The molecule has 1 saturated heterocycles. The number of phosphoric ester groups is 1. The molecule has 1 aliphatic heterocycles. The molecule has 1 aliphatic rings. The summed E-state index contributed by atoms with van der Waals surface area (Å²) in [4.78, 5) is 32.7. The van der Waals surface area contributed by atoms with Gasteiger partial charge in [-0.15, -0.1) is 0 Å². The molecule has 0 spiro atoms. The van der Waals surface area contributed by atoms with Crippen molar-refractivity contribution < 1.29 is 33.8 Å². The van der Waals surface area contributed by atoms with E-state index >= 15 is 0 Å². The molecule has 1 aromatic heterocycles. The molecule has 0 bridgehead atoms. The summed E-state index contributed by atoms with van der Waals surface area (Å²) in [5, 5.41) is 19.2. The van der Waals surface area contributed by atoms with Crippen molar-refractivity contribution in [3.63, 3.8) is 0 Å². The van der Waals surface area contributed by atoms with Gasteiger partial charge in [0, 0.05) is 6.20 Å². The van der Waals surface area contributed by atoms with Crippen LogP contribution in [-0.2, 0) is 13.8 Å². The molecule has 1 fully saturated rings. The van der Waals surface area contributed by atoms with E-state index in [-0.39, 0.29) is 5.82 Å². The van der Waals surface area contributed by atoms with E-state index in [4.69, 9.17) is 25.4 Å². The number of hydrogen-bond donors (Lipinski definition) is 5. The highest BCUT2D eigenvalue weighted by atomic mass is 31.2. The third-order valence-corrected chi connectivity index (χ3v) is 3.39. The molecule has 118 valence electrons. The van der Waals surface area contributed by atoms with E-state index in [2.05, 4.69) is 9.51 Å². The molecule has 0 saturated carbocycles. The van der Waals surface area contributed by atoms with Gasteiger partial charge in [-0.1, -0.05) is 0 Å². The predicted octanol–water partition coefficient (Wildman–Crippen LogP) is -2.45. The van der Waals surface area contributed by atoms with E-state index in [9.17, 15) is 14.5 Å². The Morgan fingerprint density at radius 3 is 2.71 bits per heavy atom. The second-order valence-electron chi connectivity index (χ2n) is 4.34. The molecule has 0 amide bonds. The number of hydrogen-bond acceptors (Lipinski definition) is 8. The van der Waals surface area contributed by atoms with Crippen LogP contribution in [0.3, 0.4) is 0 Å². The number of nitrogens with zero attached hydrogens (tertiary/aromatic N) is 2. The van der Waals surface area contributed by atoms with Crippen molar-refractivity contribution in [3.05, 3.63) is 22.7 Å². The molecule has 4 atom stereocenters. The van der Waals surface area contributed by atoms with E-state index in [0.29, 0.717) is 0 Å². The molecule has 12 heteroatoms. The van der Waals surface area contributed by atoms with Gasteiger partial charge in [-0.05, 0) is 6.07 Å². The fraction of sp³-hybridized carbons (Fsp3) is 0.556. The largest absolute Gasteiger partial charge is 0.470 e. The van der Waals surface area contributed by atoms with Crippen molar-refractivity contribution in [2.75, 3.05) is 12.3 Å². The molecule has 2 heterocycles. The Morgan fingerprint density at radius 1 is 1.52 bits per heavy atom. The molecule has 6 N–H and O–H groups in total. The first kappa shape index (κ1) is 16.0.